The molecular weight excluding hydrogens is 264 g/mol. The number of carbonyl (C=O) groups is 1. The van der Waals surface area contributed by atoms with Gasteiger partial charge in [-0.2, -0.15) is 0 Å². The summed E-state index contributed by atoms with van der Waals surface area (Å²) in [5.74, 6) is 0.260. The number of aromatic hydroxyl groups is 1. The van der Waals surface area contributed by atoms with Crippen molar-refractivity contribution in [1.82, 2.24) is 0 Å². The van der Waals surface area contributed by atoms with Crippen LogP contribution in [0.15, 0.2) is 48.5 Å². The number of phenols is 1. The second kappa shape index (κ2) is 4.28. The molecule has 2 aromatic carbocycles. The van der Waals surface area contributed by atoms with E-state index in [0.29, 0.717) is 11.3 Å². The summed E-state index contributed by atoms with van der Waals surface area (Å²) in [6.07, 6.45) is 0.0658. The molecule has 1 unspecified atom stereocenters. The van der Waals surface area contributed by atoms with Gasteiger partial charge in [-0.15, -0.1) is 0 Å². The lowest BCUT2D eigenvalue weighted by Crippen LogP contribution is -2.34. The van der Waals surface area contributed by atoms with E-state index in [0.717, 1.165) is 5.56 Å². The first-order chi connectivity index (χ1) is 9.08. The summed E-state index contributed by atoms with van der Waals surface area (Å²) in [7, 11) is 0. The lowest BCUT2D eigenvalue weighted by Gasteiger charge is -2.33. The smallest absolute Gasteiger partial charge is 0.215 e. The molecule has 3 rings (SSSR count). The molecule has 1 atom stereocenters. The minimum Gasteiger partial charge on any atom is -0.508 e. The average molecular weight is 275 g/mol. The van der Waals surface area contributed by atoms with Crippen LogP contribution in [0.3, 0.4) is 0 Å². The Kier molecular flexibility index (Phi) is 2.72. The third-order valence-electron chi connectivity index (χ3n) is 3.13. The van der Waals surface area contributed by atoms with Crippen LogP contribution in [0, 0.1) is 0 Å². The van der Waals surface area contributed by atoms with Gasteiger partial charge >= 0.3 is 0 Å². The van der Waals surface area contributed by atoms with Gasteiger partial charge in [-0.1, -0.05) is 41.9 Å². The zero-order chi connectivity index (χ0) is 13.5. The van der Waals surface area contributed by atoms with Crippen molar-refractivity contribution >= 4 is 17.4 Å². The number of hydrogen-bond donors (Lipinski definition) is 1. The normalized spacial score (nSPS) is 21.6. The molecule has 1 aliphatic heterocycles. The highest BCUT2D eigenvalue weighted by Gasteiger charge is 2.40. The quantitative estimate of drug-likeness (QED) is 0.810. The number of benzene rings is 2. The van der Waals surface area contributed by atoms with E-state index in [-0.39, 0.29) is 18.0 Å². The van der Waals surface area contributed by atoms with Crippen molar-refractivity contribution in [2.45, 2.75) is 11.5 Å². The van der Waals surface area contributed by atoms with Gasteiger partial charge in [0.05, 0.1) is 12.0 Å². The van der Waals surface area contributed by atoms with Gasteiger partial charge in [0, 0.05) is 11.6 Å². The number of Topliss-reactive ketones (excluding diaryl/α,β-unsaturated/α-hetero) is 1. The molecule has 0 saturated carbocycles. The minimum absolute atomic E-state index is 0.0422. The van der Waals surface area contributed by atoms with Crippen molar-refractivity contribution < 1.29 is 14.6 Å². The molecule has 1 aliphatic rings. The van der Waals surface area contributed by atoms with Gasteiger partial charge < -0.3 is 9.84 Å². The predicted octanol–water partition coefficient (Wildman–Crippen LogP) is 3.45. The van der Waals surface area contributed by atoms with Crippen molar-refractivity contribution in [3.63, 3.8) is 0 Å². The Morgan fingerprint density at radius 2 is 1.89 bits per heavy atom. The predicted molar refractivity (Wildman–Crippen MR) is 71.7 cm³/mol. The SMILES string of the molecule is O=C1CC(Cl)(c2ccccc2)Oc2cc(O)ccc21. The lowest BCUT2D eigenvalue weighted by atomic mass is 9.95. The summed E-state index contributed by atoms with van der Waals surface area (Å²) in [6.45, 7) is 0. The fourth-order valence-corrected chi connectivity index (χ4v) is 2.52. The second-order valence-electron chi connectivity index (χ2n) is 4.48. The highest BCUT2D eigenvalue weighted by Crippen LogP contribution is 2.43. The first-order valence-electron chi connectivity index (χ1n) is 5.88. The Hall–Kier alpha value is -2.00. The maximum Gasteiger partial charge on any atom is 0.215 e. The molecule has 4 heteroatoms. The van der Waals surface area contributed by atoms with E-state index in [1.165, 1.54) is 12.1 Å². The third-order valence-corrected chi connectivity index (χ3v) is 3.56. The Labute approximate surface area is 115 Å². The number of rotatable bonds is 1. The summed E-state index contributed by atoms with van der Waals surface area (Å²) < 4.78 is 5.74. The van der Waals surface area contributed by atoms with Crippen molar-refractivity contribution in [3.8, 4) is 11.5 Å². The van der Waals surface area contributed by atoms with Crippen molar-refractivity contribution in [1.29, 1.82) is 0 Å². The lowest BCUT2D eigenvalue weighted by molar-refractivity contribution is 0.0766. The van der Waals surface area contributed by atoms with Gasteiger partial charge in [0.25, 0.3) is 0 Å². The van der Waals surface area contributed by atoms with Crippen molar-refractivity contribution in [3.05, 3.63) is 59.7 Å². The van der Waals surface area contributed by atoms with E-state index in [9.17, 15) is 9.90 Å². The molecule has 0 aromatic heterocycles. The monoisotopic (exact) mass is 274 g/mol. The van der Waals surface area contributed by atoms with Crippen LogP contribution in [0.2, 0.25) is 0 Å². The molecule has 2 aromatic rings. The van der Waals surface area contributed by atoms with E-state index in [1.807, 2.05) is 30.3 Å². The number of ketones is 1. The highest BCUT2D eigenvalue weighted by molar-refractivity contribution is 6.25. The number of hydrogen-bond acceptors (Lipinski definition) is 3. The summed E-state index contributed by atoms with van der Waals surface area (Å²) in [5, 5.41) is 8.27. The first kappa shape index (κ1) is 12.1. The van der Waals surface area contributed by atoms with E-state index in [4.69, 9.17) is 16.3 Å². The Morgan fingerprint density at radius 3 is 2.63 bits per heavy atom. The number of halogens is 1. The number of carbonyl (C=O) groups excluding carboxylic acids is 1. The topological polar surface area (TPSA) is 46.5 Å². The van der Waals surface area contributed by atoms with E-state index in [1.54, 1.807) is 6.07 Å². The van der Waals surface area contributed by atoms with Gasteiger partial charge in [-0.05, 0) is 12.1 Å². The van der Waals surface area contributed by atoms with E-state index in [2.05, 4.69) is 0 Å². The van der Waals surface area contributed by atoms with Gasteiger partial charge in [0.15, 0.2) is 5.78 Å². The second-order valence-corrected chi connectivity index (χ2v) is 5.09. The van der Waals surface area contributed by atoms with E-state index < -0.39 is 5.06 Å². The van der Waals surface area contributed by atoms with Crippen LogP contribution in [0.25, 0.3) is 0 Å². The maximum absolute atomic E-state index is 12.1. The maximum atomic E-state index is 12.1. The molecule has 0 radical (unpaired) electrons. The molecule has 19 heavy (non-hydrogen) atoms. The Bertz CT molecular complexity index is 639. The summed E-state index contributed by atoms with van der Waals surface area (Å²) in [6, 6.07) is 13.6. The standard InChI is InChI=1S/C15H11ClO3/c16-15(10-4-2-1-3-5-10)9-13(18)12-7-6-11(17)8-14(12)19-15/h1-8,17H,9H2. The van der Waals surface area contributed by atoms with Crippen LogP contribution in [0.4, 0.5) is 0 Å². The summed E-state index contributed by atoms with van der Waals surface area (Å²) in [5.41, 5.74) is 1.17. The van der Waals surface area contributed by atoms with E-state index >= 15 is 0 Å². The molecular formula is C15H11ClO3. The molecule has 3 nitrogen and oxygen atoms in total. The third kappa shape index (κ3) is 2.06. The van der Waals surface area contributed by atoms with Gasteiger partial charge in [0.2, 0.25) is 5.06 Å². The molecule has 0 bridgehead atoms. The number of ether oxygens (including phenoxy) is 1. The van der Waals surface area contributed by atoms with Crippen LogP contribution in [0.1, 0.15) is 22.3 Å². The molecule has 0 amide bonds. The molecule has 0 spiro atoms. The number of alkyl halides is 1. The van der Waals surface area contributed by atoms with Crippen LogP contribution < -0.4 is 4.74 Å². The molecule has 0 saturated heterocycles. The van der Waals surface area contributed by atoms with Crippen LogP contribution in [0.5, 0.6) is 11.5 Å². The zero-order valence-electron chi connectivity index (χ0n) is 9.97. The Balaban J connectivity index is 2.07. The molecule has 1 N–H and O–H groups in total. The number of phenolic OH excluding ortho intramolecular Hbond substituents is 1. The average Bonchev–Trinajstić information content (AvgIpc) is 2.39. The molecule has 1 heterocycles. The first-order valence-corrected chi connectivity index (χ1v) is 6.26. The summed E-state index contributed by atoms with van der Waals surface area (Å²) in [4.78, 5) is 12.1. The minimum atomic E-state index is -1.21. The highest BCUT2D eigenvalue weighted by atomic mass is 35.5. The largest absolute Gasteiger partial charge is 0.508 e. The zero-order valence-corrected chi connectivity index (χ0v) is 10.7. The molecule has 96 valence electrons. The van der Waals surface area contributed by atoms with Crippen LogP contribution in [-0.2, 0) is 5.06 Å². The van der Waals surface area contributed by atoms with Crippen molar-refractivity contribution in [2.24, 2.45) is 0 Å². The fraction of sp³-hybridized carbons (Fsp3) is 0.133. The number of fused-ring (bicyclic) bond motifs is 1. The van der Waals surface area contributed by atoms with Crippen LogP contribution >= 0.6 is 11.6 Å². The van der Waals surface area contributed by atoms with Crippen LogP contribution in [-0.4, -0.2) is 10.9 Å². The summed E-state index contributed by atoms with van der Waals surface area (Å²) >= 11 is 6.45. The Morgan fingerprint density at radius 1 is 1.16 bits per heavy atom. The molecule has 0 fully saturated rings. The van der Waals surface area contributed by atoms with Gasteiger partial charge in [-0.25, -0.2) is 0 Å². The molecule has 0 aliphatic carbocycles. The van der Waals surface area contributed by atoms with Crippen molar-refractivity contribution in [2.75, 3.05) is 0 Å². The van der Waals surface area contributed by atoms with Gasteiger partial charge in [0.1, 0.15) is 11.5 Å². The van der Waals surface area contributed by atoms with Gasteiger partial charge in [-0.3, -0.25) is 4.79 Å². The fourth-order valence-electron chi connectivity index (χ4n) is 2.19.